The van der Waals surface area contributed by atoms with Gasteiger partial charge in [0.2, 0.25) is 11.3 Å². The third kappa shape index (κ3) is 5.59. The Bertz CT molecular complexity index is 1620. The van der Waals surface area contributed by atoms with E-state index >= 15 is 4.39 Å². The second kappa shape index (κ2) is 11.7. The van der Waals surface area contributed by atoms with E-state index in [9.17, 15) is 24.6 Å². The summed E-state index contributed by atoms with van der Waals surface area (Å²) < 4.78 is 23.2. The van der Waals surface area contributed by atoms with Crippen molar-refractivity contribution >= 4 is 34.2 Å². The van der Waals surface area contributed by atoms with Gasteiger partial charge in [0, 0.05) is 31.7 Å². The lowest BCUT2D eigenvalue weighted by Crippen LogP contribution is -2.56. The van der Waals surface area contributed by atoms with Gasteiger partial charge >= 0.3 is 5.97 Å². The highest BCUT2D eigenvalue weighted by Gasteiger charge is 2.35. The van der Waals surface area contributed by atoms with Crippen LogP contribution in [0.3, 0.4) is 0 Å². The van der Waals surface area contributed by atoms with Crippen molar-refractivity contribution in [3.05, 3.63) is 63.7 Å². The van der Waals surface area contributed by atoms with Crippen LogP contribution < -0.4 is 26.1 Å². The number of aromatic carboxylic acids is 1. The summed E-state index contributed by atoms with van der Waals surface area (Å²) >= 11 is 0. The number of hydrogen-bond acceptors (Lipinski definition) is 9. The van der Waals surface area contributed by atoms with Crippen molar-refractivity contribution in [3.8, 4) is 11.5 Å². The Morgan fingerprint density at radius 2 is 1.95 bits per heavy atom. The van der Waals surface area contributed by atoms with E-state index in [-0.39, 0.29) is 41.6 Å². The Morgan fingerprint density at radius 3 is 2.57 bits per heavy atom. The molecule has 1 aromatic heterocycles. The monoisotopic (exact) mass is 581 g/mol. The molecule has 5 N–H and O–H groups in total. The summed E-state index contributed by atoms with van der Waals surface area (Å²) in [5.74, 6) is -2.39. The van der Waals surface area contributed by atoms with E-state index in [1.165, 1.54) is 32.5 Å². The first-order chi connectivity index (χ1) is 20.1. The van der Waals surface area contributed by atoms with Crippen LogP contribution in [0, 0.1) is 5.82 Å². The van der Waals surface area contributed by atoms with Gasteiger partial charge in [0.1, 0.15) is 24.1 Å². The maximum atomic E-state index is 15.8. The number of carbonyl (C=O) groups is 2. The van der Waals surface area contributed by atoms with Crippen LogP contribution >= 0.6 is 0 Å². The summed E-state index contributed by atoms with van der Waals surface area (Å²) in [5.41, 5.74) is 6.67. The topological polar surface area (TPSA) is 169 Å². The van der Waals surface area contributed by atoms with Crippen molar-refractivity contribution in [2.45, 2.75) is 43.8 Å². The number of oxime groups is 1. The number of carboxylic acid groups (broad SMARTS) is 1. The summed E-state index contributed by atoms with van der Waals surface area (Å²) in [5, 5.41) is 26.0. The molecule has 2 heterocycles. The maximum Gasteiger partial charge on any atom is 0.341 e. The van der Waals surface area contributed by atoms with Crippen LogP contribution in [-0.4, -0.2) is 71.8 Å². The lowest BCUT2D eigenvalue weighted by molar-refractivity contribution is -0.122. The van der Waals surface area contributed by atoms with Gasteiger partial charge in [0.25, 0.3) is 0 Å². The predicted molar refractivity (Wildman–Crippen MR) is 153 cm³/mol. The normalized spacial score (nSPS) is 18.6. The number of aromatic hydroxyl groups is 1. The minimum absolute atomic E-state index is 0.0395. The minimum atomic E-state index is -1.39. The predicted octanol–water partition coefficient (Wildman–Crippen LogP) is 2.16. The average Bonchev–Trinajstić information content (AvgIpc) is 3.80. The molecule has 1 saturated heterocycles. The highest BCUT2D eigenvalue weighted by Crippen LogP contribution is 2.44. The van der Waals surface area contributed by atoms with E-state index in [0.717, 1.165) is 24.5 Å². The van der Waals surface area contributed by atoms with E-state index in [1.54, 1.807) is 21.6 Å². The maximum absolute atomic E-state index is 15.8. The standard InChI is InChI=1S/C29H32FN5O7/c1-41-27-24-18(26(37)19(29(39)40)13-35(24)16-5-6-16)12-20(30)25(27)34-10-9-22(33-42-2)23(14-34)32-28(38)21(31)11-15-3-7-17(36)8-4-15/h3-4,7-8,12-13,16,21,23,36H,5-6,9-11,14,31H2,1-2H3,(H,32,38)(H,39,40)/b33-22+/t21-,23?/m0/s1. The fraction of sp³-hybridized carbons (Fsp3) is 0.379. The number of methoxy groups -OCH3 is 1. The molecule has 0 radical (unpaired) electrons. The highest BCUT2D eigenvalue weighted by molar-refractivity contribution is 5.99. The molecular weight excluding hydrogens is 549 g/mol. The third-order valence-electron chi connectivity index (χ3n) is 7.59. The number of nitrogens with two attached hydrogens (primary N) is 1. The van der Waals surface area contributed by atoms with Crippen molar-refractivity contribution in [1.29, 1.82) is 0 Å². The Hall–Kier alpha value is -4.65. The number of fused-ring (bicyclic) bond motifs is 1. The Balaban J connectivity index is 1.49. The molecule has 1 aliphatic heterocycles. The zero-order valence-electron chi connectivity index (χ0n) is 23.2. The fourth-order valence-corrected chi connectivity index (χ4v) is 5.38. The number of anilines is 1. The van der Waals surface area contributed by atoms with Gasteiger partial charge < -0.3 is 40.3 Å². The van der Waals surface area contributed by atoms with Gasteiger partial charge in [-0.2, -0.15) is 0 Å². The first-order valence-corrected chi connectivity index (χ1v) is 13.5. The molecule has 0 bridgehead atoms. The molecule has 2 aromatic carbocycles. The number of phenolic OH excluding ortho intramolecular Hbond substituents is 1. The molecule has 1 aliphatic carbocycles. The molecule has 1 unspecified atom stereocenters. The number of piperidine rings is 1. The summed E-state index contributed by atoms with van der Waals surface area (Å²) in [4.78, 5) is 44.6. The molecule has 2 fully saturated rings. The van der Waals surface area contributed by atoms with Crippen molar-refractivity contribution in [2.75, 3.05) is 32.2 Å². The van der Waals surface area contributed by atoms with E-state index in [1.807, 2.05) is 0 Å². The molecule has 3 aromatic rings. The second-order valence-electron chi connectivity index (χ2n) is 10.5. The molecular formula is C29H32FN5O7. The first kappa shape index (κ1) is 28.9. The first-order valence-electron chi connectivity index (χ1n) is 13.5. The van der Waals surface area contributed by atoms with Crippen LogP contribution in [0.5, 0.6) is 11.5 Å². The Labute approximate surface area is 240 Å². The zero-order valence-corrected chi connectivity index (χ0v) is 23.2. The van der Waals surface area contributed by atoms with Crippen LogP contribution in [0.2, 0.25) is 0 Å². The van der Waals surface area contributed by atoms with E-state index in [2.05, 4.69) is 10.5 Å². The molecule has 222 valence electrons. The summed E-state index contributed by atoms with van der Waals surface area (Å²) in [7, 11) is 2.76. The van der Waals surface area contributed by atoms with Crippen molar-refractivity contribution < 1.29 is 33.8 Å². The molecule has 1 amide bonds. The second-order valence-corrected chi connectivity index (χ2v) is 10.5. The molecule has 1 saturated carbocycles. The third-order valence-corrected chi connectivity index (χ3v) is 7.59. The van der Waals surface area contributed by atoms with Crippen LogP contribution in [0.1, 0.15) is 41.2 Å². The zero-order chi connectivity index (χ0) is 30.1. The number of phenols is 1. The quantitative estimate of drug-likeness (QED) is 0.277. The lowest BCUT2D eigenvalue weighted by atomic mass is 9.99. The van der Waals surface area contributed by atoms with Gasteiger partial charge in [-0.15, -0.1) is 0 Å². The summed E-state index contributed by atoms with van der Waals surface area (Å²) in [6, 6.07) is 5.81. The van der Waals surface area contributed by atoms with Crippen molar-refractivity contribution in [2.24, 2.45) is 10.9 Å². The lowest BCUT2D eigenvalue weighted by Gasteiger charge is -2.36. The summed E-state index contributed by atoms with van der Waals surface area (Å²) in [6.45, 7) is 0.396. The van der Waals surface area contributed by atoms with Crippen LogP contribution in [0.4, 0.5) is 10.1 Å². The molecule has 0 spiro atoms. The average molecular weight is 582 g/mol. The fourth-order valence-electron chi connectivity index (χ4n) is 5.38. The van der Waals surface area contributed by atoms with Crippen molar-refractivity contribution in [1.82, 2.24) is 9.88 Å². The molecule has 12 nitrogen and oxygen atoms in total. The van der Waals surface area contributed by atoms with E-state index in [0.29, 0.717) is 24.2 Å². The molecule has 5 rings (SSSR count). The molecule has 2 atom stereocenters. The number of ether oxygens (including phenoxy) is 1. The number of carbonyl (C=O) groups excluding carboxylic acids is 1. The van der Waals surface area contributed by atoms with Crippen molar-refractivity contribution in [3.63, 3.8) is 0 Å². The summed E-state index contributed by atoms with van der Waals surface area (Å²) in [6.07, 6.45) is 3.41. The van der Waals surface area contributed by atoms with Gasteiger partial charge in [-0.25, -0.2) is 9.18 Å². The highest BCUT2D eigenvalue weighted by atomic mass is 19.1. The molecule has 42 heavy (non-hydrogen) atoms. The number of nitrogens with one attached hydrogen (secondary N) is 1. The minimum Gasteiger partial charge on any atom is -0.508 e. The van der Waals surface area contributed by atoms with Gasteiger partial charge in [-0.3, -0.25) is 9.59 Å². The van der Waals surface area contributed by atoms with Gasteiger partial charge in [-0.05, 0) is 43.0 Å². The number of amides is 1. The van der Waals surface area contributed by atoms with Gasteiger partial charge in [0.05, 0.1) is 35.8 Å². The van der Waals surface area contributed by atoms with Gasteiger partial charge in [-0.1, -0.05) is 17.3 Å². The number of pyridine rings is 1. The Kier molecular flexibility index (Phi) is 8.03. The smallest absolute Gasteiger partial charge is 0.341 e. The number of rotatable bonds is 9. The van der Waals surface area contributed by atoms with Crippen LogP contribution in [0.25, 0.3) is 10.9 Å². The Morgan fingerprint density at radius 1 is 1.24 bits per heavy atom. The number of nitrogens with zero attached hydrogens (tertiary/aromatic N) is 3. The van der Waals surface area contributed by atoms with Crippen LogP contribution in [-0.2, 0) is 16.1 Å². The number of benzene rings is 2. The largest absolute Gasteiger partial charge is 0.508 e. The SMILES string of the molecule is CO/N=C1\CCN(c2c(F)cc3c(=O)c(C(=O)O)cn(C4CC4)c3c2OC)CC1NC(=O)[C@@H](N)Cc1ccc(O)cc1. The van der Waals surface area contributed by atoms with Crippen LogP contribution in [0.15, 0.2) is 46.5 Å². The number of hydrogen-bond donors (Lipinski definition) is 4. The number of halogens is 1. The van der Waals surface area contributed by atoms with E-state index < -0.39 is 40.8 Å². The number of aromatic nitrogens is 1. The number of carboxylic acids is 1. The van der Waals surface area contributed by atoms with E-state index in [4.69, 9.17) is 15.3 Å². The molecule has 13 heteroatoms. The molecule has 2 aliphatic rings. The van der Waals surface area contributed by atoms with Gasteiger partial charge in [0.15, 0.2) is 11.6 Å².